The third kappa shape index (κ3) is 37.0. The van der Waals surface area contributed by atoms with Gasteiger partial charge in [-0.25, -0.2) is 0 Å². The topological polar surface area (TPSA) is 101 Å². The number of nitrogens with zero attached hydrogens (tertiary/aromatic N) is 1. The molecule has 0 bridgehead atoms. The standard InChI is InChI=1S/C68H115NO8/c1-7-10-13-16-19-22-25-28-31-34-37-40-43-46-49-52-60(4)75-61(58-74-67(72)68(5)55-56-69(6)59-68)65-66(77-64(71)54-51-48-45-42-39-36-33-30-27-24-21-18-15-12-9-3)62(57-73-65)76-63(70)53-50-47-44-41-38-35-32-29-26-23-20-17-14-11-8-2/h19-24,28-33,61-62,65-66H,4,7-18,25-27,34-59H2,1-3,5-6H3/b22-19-,23-20-,24-21-,31-28-,32-29-,33-30-/t61-,62+,65?,66-,68?/m1/s1. The molecule has 0 aromatic carbocycles. The number of allylic oxidation sites excluding steroid dienone is 13. The summed E-state index contributed by atoms with van der Waals surface area (Å²) in [5, 5.41) is 0. The van der Waals surface area contributed by atoms with Gasteiger partial charge in [0, 0.05) is 25.8 Å². The second-order valence-corrected chi connectivity index (χ2v) is 22.6. The molecule has 440 valence electrons. The van der Waals surface area contributed by atoms with Crippen LogP contribution in [0.3, 0.4) is 0 Å². The molecule has 5 atom stereocenters. The number of esters is 3. The van der Waals surface area contributed by atoms with Gasteiger partial charge in [-0.15, -0.1) is 0 Å². The summed E-state index contributed by atoms with van der Waals surface area (Å²) in [5.41, 5.74) is -0.638. The van der Waals surface area contributed by atoms with Crippen molar-refractivity contribution < 1.29 is 38.1 Å². The highest BCUT2D eigenvalue weighted by Crippen LogP contribution is 2.32. The molecule has 2 saturated heterocycles. The van der Waals surface area contributed by atoms with Gasteiger partial charge in [0.2, 0.25) is 0 Å². The highest BCUT2D eigenvalue weighted by molar-refractivity contribution is 5.77. The molecule has 0 N–H and O–H groups in total. The molecule has 2 rings (SSSR count). The quantitative estimate of drug-likeness (QED) is 0.0194. The Hall–Kier alpha value is -3.69. The Morgan fingerprint density at radius 2 is 0.935 bits per heavy atom. The summed E-state index contributed by atoms with van der Waals surface area (Å²) in [5.74, 6) is -0.396. The maximum absolute atomic E-state index is 13.7. The molecular formula is C68H115NO8. The van der Waals surface area contributed by atoms with Crippen molar-refractivity contribution in [1.82, 2.24) is 4.90 Å². The van der Waals surface area contributed by atoms with Crippen molar-refractivity contribution in [3.05, 3.63) is 85.3 Å². The molecule has 9 nitrogen and oxygen atoms in total. The Balaban J connectivity index is 2.00. The number of ether oxygens (including phenoxy) is 5. The molecule has 2 aliphatic heterocycles. The number of rotatable bonds is 50. The number of unbranched alkanes of at least 4 members (excludes halogenated alkanes) is 24. The molecule has 2 unspecified atom stereocenters. The number of hydrogen-bond donors (Lipinski definition) is 0. The minimum absolute atomic E-state index is 0.0495. The van der Waals surface area contributed by atoms with Crippen LogP contribution in [0.2, 0.25) is 0 Å². The van der Waals surface area contributed by atoms with Gasteiger partial charge in [-0.1, -0.05) is 197 Å². The van der Waals surface area contributed by atoms with Gasteiger partial charge in [0.1, 0.15) is 12.7 Å². The highest BCUT2D eigenvalue weighted by atomic mass is 16.6. The largest absolute Gasteiger partial charge is 0.489 e. The highest BCUT2D eigenvalue weighted by Gasteiger charge is 2.49. The van der Waals surface area contributed by atoms with E-state index in [1.807, 2.05) is 14.0 Å². The minimum Gasteiger partial charge on any atom is -0.489 e. The maximum atomic E-state index is 13.7. The van der Waals surface area contributed by atoms with E-state index in [0.29, 0.717) is 31.6 Å². The first-order chi connectivity index (χ1) is 37.6. The second-order valence-electron chi connectivity index (χ2n) is 22.6. The maximum Gasteiger partial charge on any atom is 0.313 e. The van der Waals surface area contributed by atoms with Crippen molar-refractivity contribution in [2.24, 2.45) is 5.41 Å². The lowest BCUT2D eigenvalue weighted by atomic mass is 9.90. The summed E-state index contributed by atoms with van der Waals surface area (Å²) >= 11 is 0. The van der Waals surface area contributed by atoms with Crippen molar-refractivity contribution >= 4 is 17.9 Å². The predicted octanol–water partition coefficient (Wildman–Crippen LogP) is 18.4. The van der Waals surface area contributed by atoms with Crippen LogP contribution in [0.1, 0.15) is 265 Å². The molecule has 0 saturated carbocycles. The van der Waals surface area contributed by atoms with E-state index in [2.05, 4.69) is 105 Å². The molecule has 0 aromatic heterocycles. The number of likely N-dealkylation sites (tertiary alicyclic amines) is 1. The Morgan fingerprint density at radius 3 is 1.35 bits per heavy atom. The first-order valence-electron chi connectivity index (χ1n) is 31.7. The molecule has 9 heteroatoms. The predicted molar refractivity (Wildman–Crippen MR) is 323 cm³/mol. The fourth-order valence-corrected chi connectivity index (χ4v) is 10.1. The molecule has 0 spiro atoms. The van der Waals surface area contributed by atoms with Crippen LogP contribution in [0.25, 0.3) is 0 Å². The average molecular weight is 1070 g/mol. The van der Waals surface area contributed by atoms with Gasteiger partial charge in [-0.3, -0.25) is 14.4 Å². The lowest BCUT2D eigenvalue weighted by molar-refractivity contribution is -0.173. The van der Waals surface area contributed by atoms with E-state index < -0.39 is 29.8 Å². The van der Waals surface area contributed by atoms with Crippen LogP contribution in [0.4, 0.5) is 0 Å². The first-order valence-corrected chi connectivity index (χ1v) is 31.7. The zero-order chi connectivity index (χ0) is 55.7. The molecule has 77 heavy (non-hydrogen) atoms. The van der Waals surface area contributed by atoms with E-state index in [9.17, 15) is 14.4 Å². The van der Waals surface area contributed by atoms with Gasteiger partial charge in [0.25, 0.3) is 0 Å². The van der Waals surface area contributed by atoms with Crippen LogP contribution >= 0.6 is 0 Å². The lowest BCUT2D eigenvalue weighted by Crippen LogP contribution is -2.47. The summed E-state index contributed by atoms with van der Waals surface area (Å²) in [6.45, 7) is 14.3. The van der Waals surface area contributed by atoms with Gasteiger partial charge in [-0.05, 0) is 143 Å². The Morgan fingerprint density at radius 1 is 0.545 bits per heavy atom. The van der Waals surface area contributed by atoms with Crippen molar-refractivity contribution in [3.63, 3.8) is 0 Å². The summed E-state index contributed by atoms with van der Waals surface area (Å²) < 4.78 is 31.4. The van der Waals surface area contributed by atoms with Crippen LogP contribution in [0, 0.1) is 5.41 Å². The van der Waals surface area contributed by atoms with Gasteiger partial charge in [-0.2, -0.15) is 0 Å². The SMILES string of the molecule is C=C(CCCCCCC/C=C\C/C=C\CCCCC)O[C@H](COC(=O)C1(C)CCN(C)C1)C1OC[C@H](OC(=O)CCCCCCC/C=C\C/C=C\CCCCC)[C@H]1OC(=O)CCCCCCC/C=C\C/C=C\CCCCC. The van der Waals surface area contributed by atoms with Gasteiger partial charge >= 0.3 is 17.9 Å². The third-order valence-electron chi connectivity index (χ3n) is 15.0. The second kappa shape index (κ2) is 48.2. The molecule has 2 aliphatic rings. The van der Waals surface area contributed by atoms with E-state index in [-0.39, 0.29) is 44.0 Å². The summed E-state index contributed by atoms with van der Waals surface area (Å²) in [7, 11) is 2.01. The molecular weight excluding hydrogens is 959 g/mol. The Labute approximate surface area is 472 Å². The van der Waals surface area contributed by atoms with Gasteiger partial charge < -0.3 is 28.6 Å². The zero-order valence-corrected chi connectivity index (χ0v) is 50.1. The molecule has 2 heterocycles. The fourth-order valence-electron chi connectivity index (χ4n) is 10.1. The third-order valence-corrected chi connectivity index (χ3v) is 15.0. The van der Waals surface area contributed by atoms with Crippen molar-refractivity contribution in [2.75, 3.05) is 33.4 Å². The van der Waals surface area contributed by atoms with Crippen LogP contribution < -0.4 is 0 Å². The fraction of sp³-hybridized carbons (Fsp3) is 0.750. The summed E-state index contributed by atoms with van der Waals surface area (Å²) in [6.07, 6.45) is 62.6. The first kappa shape index (κ1) is 69.4. The summed E-state index contributed by atoms with van der Waals surface area (Å²) in [4.78, 5) is 42.9. The van der Waals surface area contributed by atoms with Crippen molar-refractivity contribution in [1.29, 1.82) is 0 Å². The van der Waals surface area contributed by atoms with Gasteiger partial charge in [0.05, 0.1) is 17.8 Å². The van der Waals surface area contributed by atoms with Crippen molar-refractivity contribution in [2.45, 2.75) is 290 Å². The van der Waals surface area contributed by atoms with Gasteiger partial charge in [0.15, 0.2) is 18.3 Å². The molecule has 0 aliphatic carbocycles. The smallest absolute Gasteiger partial charge is 0.313 e. The molecule has 0 aromatic rings. The van der Waals surface area contributed by atoms with E-state index in [1.165, 1.54) is 89.9 Å². The summed E-state index contributed by atoms with van der Waals surface area (Å²) in [6, 6.07) is 0. The van der Waals surface area contributed by atoms with Crippen LogP contribution in [0.5, 0.6) is 0 Å². The number of hydrogen-bond acceptors (Lipinski definition) is 9. The average Bonchev–Trinajstić information content (AvgIpc) is 3.99. The number of carbonyl (C=O) groups excluding carboxylic acids is 3. The number of carbonyl (C=O) groups is 3. The van der Waals surface area contributed by atoms with E-state index in [0.717, 1.165) is 122 Å². The molecule has 2 fully saturated rings. The molecule has 0 radical (unpaired) electrons. The van der Waals surface area contributed by atoms with Crippen molar-refractivity contribution in [3.8, 4) is 0 Å². The lowest BCUT2D eigenvalue weighted by Gasteiger charge is -2.31. The monoisotopic (exact) mass is 1070 g/mol. The Kier molecular flexibility index (Phi) is 43.5. The zero-order valence-electron chi connectivity index (χ0n) is 50.1. The van der Waals surface area contributed by atoms with Crippen LogP contribution in [0.15, 0.2) is 85.3 Å². The van der Waals surface area contributed by atoms with E-state index >= 15 is 0 Å². The Bertz CT molecular complexity index is 1680. The minimum atomic E-state index is -0.922. The van der Waals surface area contributed by atoms with Crippen LogP contribution in [-0.2, 0) is 38.1 Å². The van der Waals surface area contributed by atoms with E-state index in [1.54, 1.807) is 0 Å². The normalized spacial score (nSPS) is 19.6. The molecule has 0 amide bonds. The van der Waals surface area contributed by atoms with Crippen LogP contribution in [-0.4, -0.2) is 80.6 Å². The van der Waals surface area contributed by atoms with E-state index in [4.69, 9.17) is 23.7 Å².